The van der Waals surface area contributed by atoms with Crippen molar-refractivity contribution >= 4 is 35.6 Å². The SMILES string of the molecule is CC(N)C(=O)NC(CCCN=C(N)N)C(=O)NC(C)C(=O)NC(Cc1cnc[nH]1)C(=O)NC(C(=O)O)C(C)C. The molecule has 12 N–H and O–H groups in total. The lowest BCUT2D eigenvalue weighted by Crippen LogP contribution is -2.58. The van der Waals surface area contributed by atoms with E-state index in [9.17, 15) is 29.1 Å². The first kappa shape index (κ1) is 32.8. The summed E-state index contributed by atoms with van der Waals surface area (Å²) in [6.07, 6.45) is 3.35. The third-order valence-electron chi connectivity index (χ3n) is 5.59. The Bertz CT molecular complexity index is 1010. The average molecular weight is 553 g/mol. The van der Waals surface area contributed by atoms with Crippen LogP contribution in [-0.4, -0.2) is 87.4 Å². The van der Waals surface area contributed by atoms with Gasteiger partial charge in [-0.3, -0.25) is 24.2 Å². The molecule has 0 fully saturated rings. The first-order valence-corrected chi connectivity index (χ1v) is 12.4. The van der Waals surface area contributed by atoms with Gasteiger partial charge in [-0.2, -0.15) is 0 Å². The molecular formula is C23H40N10O6. The van der Waals surface area contributed by atoms with Crippen LogP contribution in [0.1, 0.15) is 46.2 Å². The van der Waals surface area contributed by atoms with Crippen LogP contribution >= 0.6 is 0 Å². The molecular weight excluding hydrogens is 512 g/mol. The van der Waals surface area contributed by atoms with Crippen LogP contribution in [0.15, 0.2) is 17.5 Å². The van der Waals surface area contributed by atoms with Crippen LogP contribution in [0.5, 0.6) is 0 Å². The number of hydrogen-bond donors (Lipinski definition) is 9. The zero-order valence-corrected chi connectivity index (χ0v) is 22.6. The summed E-state index contributed by atoms with van der Waals surface area (Å²) in [5.41, 5.74) is 16.7. The largest absolute Gasteiger partial charge is 0.480 e. The van der Waals surface area contributed by atoms with Crippen LogP contribution in [0.4, 0.5) is 0 Å². The van der Waals surface area contributed by atoms with Gasteiger partial charge in [0.1, 0.15) is 24.2 Å². The number of aromatic amines is 1. The van der Waals surface area contributed by atoms with Crippen molar-refractivity contribution in [2.75, 3.05) is 6.54 Å². The van der Waals surface area contributed by atoms with E-state index in [0.717, 1.165) is 0 Å². The topological polar surface area (TPSA) is 273 Å². The molecule has 0 bridgehead atoms. The van der Waals surface area contributed by atoms with Gasteiger partial charge in [-0.15, -0.1) is 0 Å². The lowest BCUT2D eigenvalue weighted by Gasteiger charge is -2.25. The summed E-state index contributed by atoms with van der Waals surface area (Å²) in [6, 6.07) is -5.38. The summed E-state index contributed by atoms with van der Waals surface area (Å²) in [5.74, 6) is -4.40. The summed E-state index contributed by atoms with van der Waals surface area (Å²) < 4.78 is 0. The summed E-state index contributed by atoms with van der Waals surface area (Å²) in [6.45, 7) is 6.34. The predicted octanol–water partition coefficient (Wildman–Crippen LogP) is -2.95. The average Bonchev–Trinajstić information content (AvgIpc) is 3.35. The Hall–Kier alpha value is -4.21. The molecule has 0 aliphatic rings. The molecule has 39 heavy (non-hydrogen) atoms. The lowest BCUT2D eigenvalue weighted by atomic mass is 10.0. The highest BCUT2D eigenvalue weighted by Gasteiger charge is 2.31. The number of imidazole rings is 1. The predicted molar refractivity (Wildman–Crippen MR) is 142 cm³/mol. The maximum Gasteiger partial charge on any atom is 0.326 e. The number of nitrogens with two attached hydrogens (primary N) is 3. The summed E-state index contributed by atoms with van der Waals surface area (Å²) in [7, 11) is 0. The summed E-state index contributed by atoms with van der Waals surface area (Å²) >= 11 is 0. The number of aromatic nitrogens is 2. The van der Waals surface area contributed by atoms with E-state index in [4.69, 9.17) is 17.2 Å². The molecule has 1 aromatic rings. The highest BCUT2D eigenvalue weighted by atomic mass is 16.4. The number of carboxylic acid groups (broad SMARTS) is 1. The van der Waals surface area contributed by atoms with Crippen molar-refractivity contribution in [3.63, 3.8) is 0 Å². The van der Waals surface area contributed by atoms with E-state index in [-0.39, 0.29) is 25.3 Å². The smallest absolute Gasteiger partial charge is 0.326 e. The van der Waals surface area contributed by atoms with E-state index in [1.54, 1.807) is 13.8 Å². The number of carbonyl (C=O) groups is 5. The van der Waals surface area contributed by atoms with Crippen LogP contribution in [-0.2, 0) is 30.4 Å². The Morgan fingerprint density at radius 2 is 1.56 bits per heavy atom. The molecule has 0 aliphatic carbocycles. The van der Waals surface area contributed by atoms with Gasteiger partial charge in [0.2, 0.25) is 23.6 Å². The Balaban J connectivity index is 2.96. The maximum atomic E-state index is 13.0. The number of aliphatic imine (C=N–C) groups is 1. The third-order valence-corrected chi connectivity index (χ3v) is 5.59. The van der Waals surface area contributed by atoms with E-state index in [0.29, 0.717) is 12.1 Å². The number of nitrogens with zero attached hydrogens (tertiary/aromatic N) is 2. The minimum atomic E-state index is -1.22. The molecule has 4 amide bonds. The molecule has 0 aromatic carbocycles. The normalized spacial score (nSPS) is 14.7. The van der Waals surface area contributed by atoms with Crippen molar-refractivity contribution in [2.24, 2.45) is 28.1 Å². The van der Waals surface area contributed by atoms with Gasteiger partial charge in [-0.25, -0.2) is 9.78 Å². The standard InChI is InChI=1S/C23H40N10O6/c1-11(2)17(22(38)39)33-21(37)16(8-14-9-27-10-29-14)32-19(35)13(4)30-20(36)15(31-18(34)12(3)24)6-5-7-28-23(25)26/h9-13,15-17H,5-8,24H2,1-4H3,(H,27,29)(H,30,36)(H,31,34)(H,32,35)(H,33,37)(H,38,39)(H4,25,26,28). The van der Waals surface area contributed by atoms with Crippen molar-refractivity contribution in [2.45, 2.75) is 77.2 Å². The van der Waals surface area contributed by atoms with E-state index < -0.39 is 65.7 Å². The van der Waals surface area contributed by atoms with Crippen LogP contribution in [0, 0.1) is 5.92 Å². The second kappa shape index (κ2) is 15.9. The fourth-order valence-electron chi connectivity index (χ4n) is 3.34. The zero-order chi connectivity index (χ0) is 29.7. The number of nitrogens with one attached hydrogen (secondary N) is 5. The minimum absolute atomic E-state index is 0.0134. The van der Waals surface area contributed by atoms with Gasteiger partial charge in [0.25, 0.3) is 0 Å². The minimum Gasteiger partial charge on any atom is -0.480 e. The van der Waals surface area contributed by atoms with Crippen LogP contribution in [0.2, 0.25) is 0 Å². The number of rotatable bonds is 16. The number of carboxylic acids is 1. The van der Waals surface area contributed by atoms with Crippen molar-refractivity contribution in [1.82, 2.24) is 31.2 Å². The number of guanidine groups is 1. The van der Waals surface area contributed by atoms with Gasteiger partial charge in [-0.1, -0.05) is 13.8 Å². The summed E-state index contributed by atoms with van der Waals surface area (Å²) in [4.78, 5) is 73.1. The first-order valence-electron chi connectivity index (χ1n) is 12.4. The number of aliphatic carboxylic acids is 1. The van der Waals surface area contributed by atoms with E-state index >= 15 is 0 Å². The Morgan fingerprint density at radius 1 is 0.949 bits per heavy atom. The Kier molecular flexibility index (Phi) is 13.4. The fraction of sp³-hybridized carbons (Fsp3) is 0.609. The van der Waals surface area contributed by atoms with E-state index in [1.807, 2.05) is 0 Å². The maximum absolute atomic E-state index is 13.0. The Labute approximate surface area is 226 Å². The molecule has 0 saturated heterocycles. The van der Waals surface area contributed by atoms with Gasteiger partial charge in [0.15, 0.2) is 5.96 Å². The fourth-order valence-corrected chi connectivity index (χ4v) is 3.34. The highest BCUT2D eigenvalue weighted by Crippen LogP contribution is 2.06. The van der Waals surface area contributed by atoms with Gasteiger partial charge < -0.3 is 48.6 Å². The van der Waals surface area contributed by atoms with Crippen LogP contribution in [0.3, 0.4) is 0 Å². The number of H-pyrrole nitrogens is 1. The molecule has 16 heteroatoms. The van der Waals surface area contributed by atoms with Crippen LogP contribution < -0.4 is 38.5 Å². The first-order chi connectivity index (χ1) is 18.2. The quantitative estimate of drug-likeness (QED) is 0.0571. The molecule has 1 rings (SSSR count). The van der Waals surface area contributed by atoms with Crippen molar-refractivity contribution in [3.05, 3.63) is 18.2 Å². The third kappa shape index (κ3) is 11.8. The monoisotopic (exact) mass is 552 g/mol. The molecule has 5 unspecified atom stereocenters. The van der Waals surface area contributed by atoms with Crippen LogP contribution in [0.25, 0.3) is 0 Å². The summed E-state index contributed by atoms with van der Waals surface area (Å²) in [5, 5.41) is 19.5. The van der Waals surface area contributed by atoms with E-state index in [1.165, 1.54) is 26.4 Å². The Morgan fingerprint density at radius 3 is 2.08 bits per heavy atom. The molecule has 1 heterocycles. The lowest BCUT2D eigenvalue weighted by molar-refractivity contribution is -0.143. The van der Waals surface area contributed by atoms with Gasteiger partial charge in [0.05, 0.1) is 12.4 Å². The number of hydrogen-bond acceptors (Lipinski definition) is 8. The second-order valence-electron chi connectivity index (χ2n) is 9.44. The van der Waals surface area contributed by atoms with Gasteiger partial charge in [0, 0.05) is 24.9 Å². The molecule has 0 spiro atoms. The molecule has 0 radical (unpaired) electrons. The molecule has 218 valence electrons. The molecule has 16 nitrogen and oxygen atoms in total. The van der Waals surface area contributed by atoms with Crippen molar-refractivity contribution < 1.29 is 29.1 Å². The molecule has 0 aliphatic heterocycles. The van der Waals surface area contributed by atoms with Crippen molar-refractivity contribution in [3.8, 4) is 0 Å². The van der Waals surface area contributed by atoms with Crippen molar-refractivity contribution in [1.29, 1.82) is 0 Å². The molecule has 0 saturated carbocycles. The molecule has 1 aromatic heterocycles. The van der Waals surface area contributed by atoms with Gasteiger partial charge >= 0.3 is 5.97 Å². The zero-order valence-electron chi connectivity index (χ0n) is 22.6. The van der Waals surface area contributed by atoms with E-state index in [2.05, 4.69) is 36.2 Å². The molecule has 5 atom stereocenters. The second-order valence-corrected chi connectivity index (χ2v) is 9.44. The number of amides is 4. The van der Waals surface area contributed by atoms with Gasteiger partial charge in [-0.05, 0) is 32.6 Å². The highest BCUT2D eigenvalue weighted by molar-refractivity contribution is 5.95. The number of carbonyl (C=O) groups excluding carboxylic acids is 4.